The van der Waals surface area contributed by atoms with Crippen LogP contribution in [0.3, 0.4) is 0 Å². The Morgan fingerprint density at radius 1 is 1.20 bits per heavy atom. The topological polar surface area (TPSA) is 29.9 Å². The minimum Gasteiger partial charge on any atom is -0.311 e. The minimum absolute atomic E-state index is 0.391. The number of aromatic nitrogens is 2. The summed E-state index contributed by atoms with van der Waals surface area (Å²) in [5.41, 5.74) is 2.41. The van der Waals surface area contributed by atoms with Crippen molar-refractivity contribution in [2.24, 2.45) is 11.8 Å². The van der Waals surface area contributed by atoms with E-state index >= 15 is 0 Å². The normalized spacial score (nSPS) is 23.9. The lowest BCUT2D eigenvalue weighted by atomic mass is 9.94. The lowest BCUT2D eigenvalue weighted by Gasteiger charge is -2.24. The molecule has 0 radical (unpaired) electrons. The molecule has 3 rings (SSSR count). The minimum atomic E-state index is 0.391. The lowest BCUT2D eigenvalue weighted by Crippen LogP contribution is -2.26. The number of hydrogen-bond donors (Lipinski definition) is 1. The van der Waals surface area contributed by atoms with Gasteiger partial charge in [0, 0.05) is 6.20 Å². The Morgan fingerprint density at radius 3 is 2.65 bits per heavy atom. The molecule has 20 heavy (non-hydrogen) atoms. The smallest absolute Gasteiger partial charge is 0.0649 e. The molecule has 2 aromatic rings. The molecule has 0 spiro atoms. The van der Waals surface area contributed by atoms with Gasteiger partial charge in [-0.2, -0.15) is 5.10 Å². The molecule has 1 fully saturated rings. The third-order valence-electron chi connectivity index (χ3n) is 4.51. The van der Waals surface area contributed by atoms with Crippen molar-refractivity contribution in [3.05, 3.63) is 48.3 Å². The highest BCUT2D eigenvalue weighted by atomic mass is 15.3. The summed E-state index contributed by atoms with van der Waals surface area (Å²) >= 11 is 0. The fraction of sp³-hybridized carbons (Fsp3) is 0.471. The zero-order valence-corrected chi connectivity index (χ0v) is 12.3. The van der Waals surface area contributed by atoms with Crippen LogP contribution >= 0.6 is 0 Å². The molecule has 0 aliphatic heterocycles. The quantitative estimate of drug-likeness (QED) is 0.919. The second kappa shape index (κ2) is 5.80. The second-order valence-electron chi connectivity index (χ2n) is 5.95. The van der Waals surface area contributed by atoms with Crippen LogP contribution in [0, 0.1) is 11.8 Å². The molecule has 3 nitrogen and oxygen atoms in total. The Kier molecular flexibility index (Phi) is 3.88. The first-order chi connectivity index (χ1) is 9.79. The van der Waals surface area contributed by atoms with E-state index in [9.17, 15) is 0 Å². The van der Waals surface area contributed by atoms with E-state index in [4.69, 9.17) is 0 Å². The van der Waals surface area contributed by atoms with Gasteiger partial charge in [-0.25, -0.2) is 4.68 Å². The number of hydrogen-bond acceptors (Lipinski definition) is 2. The largest absolute Gasteiger partial charge is 0.311 e. The highest BCUT2D eigenvalue weighted by molar-refractivity contribution is 5.33. The summed E-state index contributed by atoms with van der Waals surface area (Å²) in [7, 11) is 2.07. The van der Waals surface area contributed by atoms with Crippen molar-refractivity contribution < 1.29 is 0 Å². The van der Waals surface area contributed by atoms with E-state index in [0.29, 0.717) is 12.0 Å². The van der Waals surface area contributed by atoms with Crippen LogP contribution in [0.25, 0.3) is 5.69 Å². The maximum atomic E-state index is 4.52. The van der Waals surface area contributed by atoms with Gasteiger partial charge in [0.05, 0.1) is 17.4 Å². The molecule has 1 aliphatic carbocycles. The molecule has 106 valence electrons. The van der Waals surface area contributed by atoms with Gasteiger partial charge in [-0.15, -0.1) is 0 Å². The fourth-order valence-corrected chi connectivity index (χ4v) is 3.51. The van der Waals surface area contributed by atoms with E-state index in [1.165, 1.54) is 25.0 Å². The van der Waals surface area contributed by atoms with Crippen LogP contribution < -0.4 is 5.32 Å². The molecule has 1 saturated carbocycles. The summed E-state index contributed by atoms with van der Waals surface area (Å²) in [6.45, 7) is 2.36. The number of nitrogens with one attached hydrogen (secondary N) is 1. The van der Waals surface area contributed by atoms with Gasteiger partial charge in [-0.05, 0) is 49.9 Å². The predicted octanol–water partition coefficient (Wildman–Crippen LogP) is 3.57. The van der Waals surface area contributed by atoms with Crippen molar-refractivity contribution in [1.82, 2.24) is 15.1 Å². The third kappa shape index (κ3) is 2.50. The summed E-state index contributed by atoms with van der Waals surface area (Å²) in [6.07, 6.45) is 5.88. The van der Waals surface area contributed by atoms with Crippen LogP contribution in [-0.4, -0.2) is 16.8 Å². The Bertz CT molecular complexity index is 546. The molecule has 1 aromatic heterocycles. The molecule has 1 N–H and O–H groups in total. The first kappa shape index (κ1) is 13.4. The summed E-state index contributed by atoms with van der Waals surface area (Å²) in [4.78, 5) is 0. The average Bonchev–Trinajstić information content (AvgIpc) is 3.11. The summed E-state index contributed by atoms with van der Waals surface area (Å²) in [5, 5.41) is 8.04. The van der Waals surface area contributed by atoms with Crippen molar-refractivity contribution in [3.63, 3.8) is 0 Å². The second-order valence-corrected chi connectivity index (χ2v) is 5.95. The summed E-state index contributed by atoms with van der Waals surface area (Å²) < 4.78 is 2.07. The van der Waals surface area contributed by atoms with Crippen molar-refractivity contribution in [2.75, 3.05) is 7.05 Å². The van der Waals surface area contributed by atoms with Gasteiger partial charge in [-0.1, -0.05) is 31.5 Å². The van der Waals surface area contributed by atoms with E-state index in [0.717, 1.165) is 11.6 Å². The van der Waals surface area contributed by atoms with Crippen molar-refractivity contribution in [3.8, 4) is 5.69 Å². The van der Waals surface area contributed by atoms with E-state index in [2.05, 4.69) is 59.4 Å². The number of nitrogens with zero attached hydrogens (tertiary/aromatic N) is 2. The maximum absolute atomic E-state index is 4.52. The van der Waals surface area contributed by atoms with Gasteiger partial charge in [0.1, 0.15) is 0 Å². The molecule has 3 unspecified atom stereocenters. The Balaban J connectivity index is 1.91. The van der Waals surface area contributed by atoms with Gasteiger partial charge in [-0.3, -0.25) is 0 Å². The monoisotopic (exact) mass is 269 g/mol. The first-order valence-electron chi connectivity index (χ1n) is 7.56. The van der Waals surface area contributed by atoms with E-state index in [-0.39, 0.29) is 0 Å². The Hall–Kier alpha value is -1.61. The van der Waals surface area contributed by atoms with Gasteiger partial charge in [0.25, 0.3) is 0 Å². The van der Waals surface area contributed by atoms with Gasteiger partial charge in [0.2, 0.25) is 0 Å². The van der Waals surface area contributed by atoms with Crippen molar-refractivity contribution in [1.29, 1.82) is 0 Å². The molecule has 3 atom stereocenters. The molecular formula is C17H23N3. The van der Waals surface area contributed by atoms with Crippen LogP contribution in [0.15, 0.2) is 42.6 Å². The highest BCUT2D eigenvalue weighted by Gasteiger charge is 2.30. The summed E-state index contributed by atoms with van der Waals surface area (Å²) in [5.74, 6) is 1.57. The van der Waals surface area contributed by atoms with Gasteiger partial charge in [0.15, 0.2) is 0 Å². The number of para-hydroxylation sites is 1. The Labute approximate surface area is 121 Å². The predicted molar refractivity (Wildman–Crippen MR) is 81.9 cm³/mol. The van der Waals surface area contributed by atoms with E-state index in [1.54, 1.807) is 0 Å². The number of rotatable bonds is 4. The molecule has 1 aromatic carbocycles. The fourth-order valence-electron chi connectivity index (χ4n) is 3.51. The van der Waals surface area contributed by atoms with E-state index < -0.39 is 0 Å². The standard InChI is InChI=1S/C17H23N3/c1-13-8-9-14(12-13)17(18-2)16-10-11-19-20(16)15-6-4-3-5-7-15/h3-7,10-11,13-14,17-18H,8-9,12H2,1-2H3. The highest BCUT2D eigenvalue weighted by Crippen LogP contribution is 2.39. The lowest BCUT2D eigenvalue weighted by molar-refractivity contribution is 0.366. The molecule has 0 bridgehead atoms. The SMILES string of the molecule is CNC(c1ccnn1-c1ccccc1)C1CCC(C)C1. The molecular weight excluding hydrogens is 246 g/mol. The van der Waals surface area contributed by atoms with Crippen LogP contribution in [0.2, 0.25) is 0 Å². The van der Waals surface area contributed by atoms with Crippen molar-refractivity contribution >= 4 is 0 Å². The summed E-state index contributed by atoms with van der Waals surface area (Å²) in [6, 6.07) is 12.9. The maximum Gasteiger partial charge on any atom is 0.0649 e. The van der Waals surface area contributed by atoms with Gasteiger partial charge >= 0.3 is 0 Å². The third-order valence-corrected chi connectivity index (χ3v) is 4.51. The molecule has 1 heterocycles. The van der Waals surface area contributed by atoms with Crippen LogP contribution in [0.1, 0.15) is 37.9 Å². The zero-order chi connectivity index (χ0) is 13.9. The van der Waals surface area contributed by atoms with Crippen LogP contribution in [0.4, 0.5) is 0 Å². The number of benzene rings is 1. The first-order valence-corrected chi connectivity index (χ1v) is 7.56. The molecule has 0 amide bonds. The zero-order valence-electron chi connectivity index (χ0n) is 12.3. The van der Waals surface area contributed by atoms with Gasteiger partial charge < -0.3 is 5.32 Å². The average molecular weight is 269 g/mol. The van der Waals surface area contributed by atoms with Crippen molar-refractivity contribution in [2.45, 2.75) is 32.2 Å². The molecule has 0 saturated heterocycles. The molecule has 3 heteroatoms. The van der Waals surface area contributed by atoms with Crippen LogP contribution in [0.5, 0.6) is 0 Å². The van der Waals surface area contributed by atoms with Crippen LogP contribution in [-0.2, 0) is 0 Å². The van der Waals surface area contributed by atoms with E-state index in [1.807, 2.05) is 12.3 Å². The molecule has 1 aliphatic rings. The Morgan fingerprint density at radius 2 is 2.00 bits per heavy atom.